The van der Waals surface area contributed by atoms with Crippen LogP contribution in [0.3, 0.4) is 0 Å². The summed E-state index contributed by atoms with van der Waals surface area (Å²) in [5.74, 6) is -0.112. The Kier molecular flexibility index (Phi) is 3.37. The third kappa shape index (κ3) is 2.49. The van der Waals surface area contributed by atoms with E-state index in [0.29, 0.717) is 9.23 Å². The maximum Gasteiger partial charge on any atom is 0.263 e. The molecule has 1 amide bonds. The van der Waals surface area contributed by atoms with E-state index in [1.165, 1.54) is 22.7 Å². The van der Waals surface area contributed by atoms with Gasteiger partial charge in [0.2, 0.25) is 0 Å². The fourth-order valence-corrected chi connectivity index (χ4v) is 4.32. The monoisotopic (exact) mass is 342 g/mol. The van der Waals surface area contributed by atoms with Gasteiger partial charge >= 0.3 is 0 Å². The van der Waals surface area contributed by atoms with Crippen LogP contribution in [-0.4, -0.2) is 15.2 Å². The largest absolute Gasteiger partial charge is 0.361 e. The summed E-state index contributed by atoms with van der Waals surface area (Å²) in [5.41, 5.74) is 3.46. The molecule has 0 unspecified atom stereocenters. The average Bonchev–Trinajstić information content (AvgIpc) is 3.19. The second-order valence-corrected chi connectivity index (χ2v) is 7.53. The molecule has 0 spiro atoms. The summed E-state index contributed by atoms with van der Waals surface area (Å²) in [6.45, 7) is 0. The molecule has 6 heteroatoms. The molecule has 3 aromatic rings. The molecule has 0 atom stereocenters. The number of aromatic nitrogens is 1. The molecule has 2 N–H and O–H groups in total. The van der Waals surface area contributed by atoms with Crippen molar-refractivity contribution in [1.29, 1.82) is 0 Å². The first-order valence-corrected chi connectivity index (χ1v) is 8.70. The molecule has 3 heterocycles. The zero-order valence-corrected chi connectivity index (χ0v) is 13.7. The third-order valence-corrected chi connectivity index (χ3v) is 5.46. The lowest BCUT2D eigenvalue weighted by Crippen LogP contribution is -2.17. The van der Waals surface area contributed by atoms with E-state index in [0.717, 1.165) is 16.0 Å². The highest BCUT2D eigenvalue weighted by Crippen LogP contribution is 2.32. The van der Waals surface area contributed by atoms with Gasteiger partial charge in [0.05, 0.1) is 4.91 Å². The second-order valence-electron chi connectivity index (χ2n) is 4.87. The Morgan fingerprint density at radius 1 is 1.14 bits per heavy atom. The van der Waals surface area contributed by atoms with Crippen LogP contribution in [0, 0.1) is 0 Å². The number of H-pyrrole nitrogens is 1. The van der Waals surface area contributed by atoms with Crippen LogP contribution in [0.2, 0.25) is 0 Å². The first kappa shape index (κ1) is 13.8. The number of thiocarbonyl (C=S) groups is 1. The van der Waals surface area contributed by atoms with E-state index >= 15 is 0 Å². The number of hydrogen-bond acceptors (Lipinski definition) is 4. The van der Waals surface area contributed by atoms with Crippen molar-refractivity contribution in [1.82, 2.24) is 10.3 Å². The maximum atomic E-state index is 11.7. The highest BCUT2D eigenvalue weighted by molar-refractivity contribution is 8.26. The molecule has 108 valence electrons. The molecule has 0 radical (unpaired) electrons. The van der Waals surface area contributed by atoms with Crippen molar-refractivity contribution in [2.45, 2.75) is 0 Å². The molecular weight excluding hydrogens is 332 g/mol. The third-order valence-electron chi connectivity index (χ3n) is 3.42. The lowest BCUT2D eigenvalue weighted by Gasteiger charge is -1.97. The SMILES string of the molecule is O=C1NC(=S)S/C1=C\c1cc(-c2ccc3[nH]ccc3c2)cs1. The van der Waals surface area contributed by atoms with E-state index in [1.54, 1.807) is 11.3 Å². The van der Waals surface area contributed by atoms with Crippen molar-refractivity contribution in [3.05, 3.63) is 51.7 Å². The van der Waals surface area contributed by atoms with Gasteiger partial charge in [0.15, 0.2) is 0 Å². The number of fused-ring (bicyclic) bond motifs is 1. The zero-order chi connectivity index (χ0) is 15.1. The number of rotatable bonds is 2. The standard InChI is InChI=1S/C16H10N2OS3/c19-15-14(22-16(20)18-15)7-12-6-11(8-21-12)9-1-2-13-10(5-9)3-4-17-13/h1-8,17H,(H,18,19,20)/b14-7-. The highest BCUT2D eigenvalue weighted by atomic mass is 32.2. The van der Waals surface area contributed by atoms with Gasteiger partial charge in [-0.3, -0.25) is 4.79 Å². The summed E-state index contributed by atoms with van der Waals surface area (Å²) in [6.07, 6.45) is 3.83. The van der Waals surface area contributed by atoms with Crippen LogP contribution in [0.4, 0.5) is 0 Å². The predicted octanol–water partition coefficient (Wildman–Crippen LogP) is 4.39. The van der Waals surface area contributed by atoms with Crippen LogP contribution in [0.1, 0.15) is 4.88 Å². The van der Waals surface area contributed by atoms with Crippen LogP contribution < -0.4 is 5.32 Å². The number of nitrogens with one attached hydrogen (secondary N) is 2. The van der Waals surface area contributed by atoms with Crippen LogP contribution in [0.25, 0.3) is 28.1 Å². The quantitative estimate of drug-likeness (QED) is 0.536. The van der Waals surface area contributed by atoms with E-state index in [-0.39, 0.29) is 5.91 Å². The molecule has 1 aromatic carbocycles. The van der Waals surface area contributed by atoms with Gasteiger partial charge in [-0.05, 0) is 52.2 Å². The molecular formula is C16H10N2OS3. The Morgan fingerprint density at radius 3 is 2.86 bits per heavy atom. The van der Waals surface area contributed by atoms with Gasteiger partial charge < -0.3 is 10.3 Å². The number of hydrogen-bond donors (Lipinski definition) is 2. The number of thiophene rings is 1. The predicted molar refractivity (Wildman–Crippen MR) is 97.9 cm³/mol. The molecule has 1 saturated heterocycles. The Labute approximate surface area is 140 Å². The summed E-state index contributed by atoms with van der Waals surface area (Å²) in [6, 6.07) is 10.5. The fraction of sp³-hybridized carbons (Fsp3) is 0. The number of aromatic amines is 1. The molecule has 1 fully saturated rings. The van der Waals surface area contributed by atoms with Crippen LogP contribution in [0.15, 0.2) is 46.8 Å². The van der Waals surface area contributed by atoms with Crippen molar-refractivity contribution >= 4 is 62.5 Å². The lowest BCUT2D eigenvalue weighted by atomic mass is 10.1. The number of benzene rings is 1. The molecule has 0 bridgehead atoms. The van der Waals surface area contributed by atoms with Gasteiger partial charge in [0.25, 0.3) is 5.91 Å². The molecule has 1 aliphatic heterocycles. The van der Waals surface area contributed by atoms with Crippen molar-refractivity contribution in [2.75, 3.05) is 0 Å². The zero-order valence-electron chi connectivity index (χ0n) is 11.3. The van der Waals surface area contributed by atoms with Gasteiger partial charge in [0, 0.05) is 16.6 Å². The smallest absolute Gasteiger partial charge is 0.263 e. The molecule has 22 heavy (non-hydrogen) atoms. The minimum atomic E-state index is -0.112. The first-order chi connectivity index (χ1) is 10.7. The van der Waals surface area contributed by atoms with Crippen LogP contribution >= 0.6 is 35.3 Å². The number of amides is 1. The fourth-order valence-electron chi connectivity index (χ4n) is 2.36. The highest BCUT2D eigenvalue weighted by Gasteiger charge is 2.22. The van der Waals surface area contributed by atoms with Gasteiger partial charge in [0.1, 0.15) is 4.32 Å². The Balaban J connectivity index is 1.67. The van der Waals surface area contributed by atoms with Crippen molar-refractivity contribution in [3.63, 3.8) is 0 Å². The number of carbonyl (C=O) groups is 1. The number of thioether (sulfide) groups is 1. The Bertz CT molecular complexity index is 936. The molecule has 1 aliphatic rings. The van der Waals surface area contributed by atoms with Crippen LogP contribution in [0.5, 0.6) is 0 Å². The van der Waals surface area contributed by atoms with E-state index < -0.39 is 0 Å². The molecule has 2 aromatic heterocycles. The summed E-state index contributed by atoms with van der Waals surface area (Å²) in [4.78, 5) is 16.6. The Hall–Kier alpha value is -1.89. The summed E-state index contributed by atoms with van der Waals surface area (Å²) >= 11 is 7.93. The summed E-state index contributed by atoms with van der Waals surface area (Å²) in [7, 11) is 0. The minimum Gasteiger partial charge on any atom is -0.361 e. The topological polar surface area (TPSA) is 44.9 Å². The summed E-state index contributed by atoms with van der Waals surface area (Å²) < 4.78 is 0.519. The Morgan fingerprint density at radius 2 is 2.05 bits per heavy atom. The molecule has 4 rings (SSSR count). The average molecular weight is 342 g/mol. The minimum absolute atomic E-state index is 0.112. The maximum absolute atomic E-state index is 11.7. The molecule has 0 saturated carbocycles. The van der Waals surface area contributed by atoms with Gasteiger partial charge in [-0.2, -0.15) is 0 Å². The van der Waals surface area contributed by atoms with Crippen molar-refractivity contribution < 1.29 is 4.79 Å². The van der Waals surface area contributed by atoms with E-state index in [2.05, 4.69) is 46.0 Å². The first-order valence-electron chi connectivity index (χ1n) is 6.60. The van der Waals surface area contributed by atoms with Gasteiger partial charge in [-0.25, -0.2) is 0 Å². The van der Waals surface area contributed by atoms with Gasteiger partial charge in [-0.15, -0.1) is 11.3 Å². The lowest BCUT2D eigenvalue weighted by molar-refractivity contribution is -0.115. The van der Waals surface area contributed by atoms with E-state index in [9.17, 15) is 4.79 Å². The van der Waals surface area contributed by atoms with Crippen molar-refractivity contribution in [3.8, 4) is 11.1 Å². The van der Waals surface area contributed by atoms with E-state index in [4.69, 9.17) is 12.2 Å². The number of carbonyl (C=O) groups excluding carboxylic acids is 1. The molecule has 3 nitrogen and oxygen atoms in total. The van der Waals surface area contributed by atoms with Crippen LogP contribution in [-0.2, 0) is 4.79 Å². The summed E-state index contributed by atoms with van der Waals surface area (Å²) in [5, 5.41) is 5.93. The van der Waals surface area contributed by atoms with Gasteiger partial charge in [-0.1, -0.05) is 30.0 Å². The normalized spacial score (nSPS) is 16.6. The van der Waals surface area contributed by atoms with Crippen molar-refractivity contribution in [2.24, 2.45) is 0 Å². The van der Waals surface area contributed by atoms with E-state index in [1.807, 2.05) is 12.3 Å². The second kappa shape index (κ2) is 5.39. The molecule has 0 aliphatic carbocycles.